The molecule has 0 saturated heterocycles. The molecule has 0 bridgehead atoms. The molecule has 0 amide bonds. The first kappa shape index (κ1) is 42.5. The highest BCUT2D eigenvalue weighted by Gasteiger charge is 2.32. The van der Waals surface area contributed by atoms with Gasteiger partial charge in [-0.2, -0.15) is 4.68 Å². The van der Waals surface area contributed by atoms with Crippen LogP contribution in [-0.4, -0.2) is 19.2 Å². The Morgan fingerprint density at radius 2 is 1.16 bits per heavy atom. The lowest BCUT2D eigenvalue weighted by Crippen LogP contribution is -2.35. The van der Waals surface area contributed by atoms with Crippen molar-refractivity contribution in [3.05, 3.63) is 192 Å². The van der Waals surface area contributed by atoms with Crippen LogP contribution in [0.4, 0.5) is 0 Å². The molecule has 0 radical (unpaired) electrons. The molecule has 0 fully saturated rings. The number of nitrogens with zero attached hydrogens (tertiary/aromatic N) is 5. The number of rotatable bonds is 8. The number of hydrogen-bond acceptors (Lipinski definition) is 3. The summed E-state index contributed by atoms with van der Waals surface area (Å²) in [6.45, 7) is 24.8. The average molecular weight is 842 g/mol. The van der Waals surface area contributed by atoms with Crippen LogP contribution in [0.3, 0.4) is 0 Å². The van der Waals surface area contributed by atoms with Gasteiger partial charge in [0.1, 0.15) is 17.3 Å². The molecule has 322 valence electrons. The Morgan fingerprint density at radius 3 is 1.83 bits per heavy atom. The van der Waals surface area contributed by atoms with Crippen LogP contribution in [-0.2, 0) is 21.7 Å². The van der Waals surface area contributed by atoms with E-state index in [0.717, 1.165) is 56.1 Å². The monoisotopic (exact) mass is 841 g/mol. The summed E-state index contributed by atoms with van der Waals surface area (Å²) in [4.78, 5) is 4.95. The van der Waals surface area contributed by atoms with Crippen LogP contribution in [0, 0.1) is 6.33 Å². The highest BCUT2D eigenvalue weighted by atomic mass is 16.5. The van der Waals surface area contributed by atoms with Gasteiger partial charge >= 0.3 is 0 Å². The summed E-state index contributed by atoms with van der Waals surface area (Å²) in [6, 6.07) is 53.7. The van der Waals surface area contributed by atoms with Gasteiger partial charge in [-0.25, -0.2) is 4.98 Å². The van der Waals surface area contributed by atoms with Gasteiger partial charge in [0, 0.05) is 28.5 Å². The molecule has 6 heteroatoms. The maximum Gasteiger partial charge on any atom is 0.273 e. The van der Waals surface area contributed by atoms with Crippen LogP contribution in [0.1, 0.15) is 104 Å². The number of fused-ring (bicyclic) bond motifs is 3. The van der Waals surface area contributed by atoms with E-state index in [1.165, 1.54) is 27.8 Å². The molecule has 64 heavy (non-hydrogen) atoms. The van der Waals surface area contributed by atoms with Crippen LogP contribution >= 0.6 is 0 Å². The standard InChI is InChI=1S/C58H59N5O/c1-55(2,3)42-29-30-59-53(35-42)63-51-28-25-40(39-19-14-12-15-20-39)31-50(51)49-27-26-48(37-52(49)63)64-47-24-18-23-45(36-47)61-38-62(60-54(61)58(10,11)41-21-16-13-17-22-41)46-33-43(56(4,5)6)32-44(34-46)57(7,8)9/h12-37H,1-11H3. The maximum absolute atomic E-state index is 6.83. The molecule has 0 aliphatic heterocycles. The normalized spacial score (nSPS) is 12.6. The fourth-order valence-corrected chi connectivity index (χ4v) is 8.54. The van der Waals surface area contributed by atoms with Crippen molar-refractivity contribution in [2.45, 2.75) is 97.8 Å². The summed E-state index contributed by atoms with van der Waals surface area (Å²) in [5.41, 5.74) is 10.7. The van der Waals surface area contributed by atoms with E-state index in [-0.39, 0.29) is 16.2 Å². The van der Waals surface area contributed by atoms with Gasteiger partial charge < -0.3 is 4.74 Å². The van der Waals surface area contributed by atoms with Crippen molar-refractivity contribution in [2.24, 2.45) is 0 Å². The van der Waals surface area contributed by atoms with E-state index in [2.05, 4.69) is 231 Å². The van der Waals surface area contributed by atoms with Crippen molar-refractivity contribution in [1.82, 2.24) is 19.2 Å². The third-order valence-electron chi connectivity index (χ3n) is 12.5. The quantitative estimate of drug-likeness (QED) is 0.113. The molecule has 6 aromatic carbocycles. The smallest absolute Gasteiger partial charge is 0.273 e. The van der Waals surface area contributed by atoms with Crippen molar-refractivity contribution in [3.8, 4) is 39.8 Å². The van der Waals surface area contributed by atoms with Gasteiger partial charge in [-0.1, -0.05) is 173 Å². The zero-order chi connectivity index (χ0) is 45.2. The van der Waals surface area contributed by atoms with E-state index in [1.807, 2.05) is 23.0 Å². The third-order valence-corrected chi connectivity index (χ3v) is 12.5. The molecule has 0 unspecified atom stereocenters. The maximum atomic E-state index is 6.83. The zero-order valence-electron chi connectivity index (χ0n) is 39.2. The Bertz CT molecular complexity index is 3120. The second-order valence-corrected chi connectivity index (χ2v) is 20.8. The Hall–Kier alpha value is -6.79. The fraction of sp³-hybridized carbons (Fsp3) is 0.259. The first-order valence-corrected chi connectivity index (χ1v) is 22.4. The molecular formula is C58H59N5O. The highest BCUT2D eigenvalue weighted by molar-refractivity contribution is 6.10. The minimum absolute atomic E-state index is 0.0375. The lowest BCUT2D eigenvalue weighted by molar-refractivity contribution is -0.662. The van der Waals surface area contributed by atoms with Crippen molar-refractivity contribution in [1.29, 1.82) is 0 Å². The predicted octanol–water partition coefficient (Wildman–Crippen LogP) is 14.1. The Balaban J connectivity index is 1.16. The molecule has 0 spiro atoms. The zero-order valence-corrected chi connectivity index (χ0v) is 39.2. The molecule has 9 aromatic rings. The Labute approximate surface area is 378 Å². The van der Waals surface area contributed by atoms with Crippen molar-refractivity contribution in [3.63, 3.8) is 0 Å². The first-order chi connectivity index (χ1) is 30.3. The Kier molecular flexibility index (Phi) is 10.5. The number of benzene rings is 6. The molecule has 0 aliphatic rings. The number of hydrogen-bond donors (Lipinski definition) is 0. The van der Waals surface area contributed by atoms with Gasteiger partial charge in [0.2, 0.25) is 0 Å². The first-order valence-electron chi connectivity index (χ1n) is 22.4. The summed E-state index contributed by atoms with van der Waals surface area (Å²) in [5, 5.41) is 7.67. The average Bonchev–Trinajstić information content (AvgIpc) is 3.87. The van der Waals surface area contributed by atoms with E-state index >= 15 is 0 Å². The topological polar surface area (TPSA) is 48.8 Å². The summed E-state index contributed by atoms with van der Waals surface area (Å²) in [7, 11) is 0. The van der Waals surface area contributed by atoms with Gasteiger partial charge in [-0.3, -0.25) is 9.13 Å². The fourth-order valence-electron chi connectivity index (χ4n) is 8.54. The number of ether oxygens (including phenoxy) is 1. The van der Waals surface area contributed by atoms with Crippen LogP contribution < -0.4 is 9.42 Å². The third kappa shape index (κ3) is 8.14. The van der Waals surface area contributed by atoms with Gasteiger partial charge in [0.05, 0.1) is 22.4 Å². The van der Waals surface area contributed by atoms with Crippen molar-refractivity contribution >= 4 is 21.8 Å². The summed E-state index contributed by atoms with van der Waals surface area (Å²) < 4.78 is 13.1. The van der Waals surface area contributed by atoms with E-state index in [1.54, 1.807) is 0 Å². The van der Waals surface area contributed by atoms with Gasteiger partial charge in [0.15, 0.2) is 5.82 Å². The molecule has 0 saturated carbocycles. The Morgan fingerprint density at radius 1 is 0.500 bits per heavy atom. The lowest BCUT2D eigenvalue weighted by atomic mass is 9.80. The minimum Gasteiger partial charge on any atom is -0.458 e. The molecule has 0 atom stereocenters. The van der Waals surface area contributed by atoms with Gasteiger partial charge in [-0.15, -0.1) is 5.10 Å². The minimum atomic E-state index is -0.467. The molecule has 6 nitrogen and oxygen atoms in total. The second-order valence-electron chi connectivity index (χ2n) is 20.8. The van der Waals surface area contributed by atoms with Crippen molar-refractivity contribution < 1.29 is 9.42 Å². The summed E-state index contributed by atoms with van der Waals surface area (Å²) >= 11 is 0. The van der Waals surface area contributed by atoms with Crippen LogP contribution in [0.5, 0.6) is 11.5 Å². The van der Waals surface area contributed by atoms with Crippen molar-refractivity contribution in [2.75, 3.05) is 0 Å². The highest BCUT2D eigenvalue weighted by Crippen LogP contribution is 2.39. The summed E-state index contributed by atoms with van der Waals surface area (Å²) in [5.74, 6) is 3.17. The number of pyridine rings is 1. The van der Waals surface area contributed by atoms with Crippen LogP contribution in [0.15, 0.2) is 158 Å². The molecule has 3 heterocycles. The van der Waals surface area contributed by atoms with Crippen LogP contribution in [0.2, 0.25) is 0 Å². The summed E-state index contributed by atoms with van der Waals surface area (Å²) in [6.07, 6.45) is 5.61. The molecular weight excluding hydrogens is 783 g/mol. The predicted molar refractivity (Wildman–Crippen MR) is 263 cm³/mol. The molecule has 0 aliphatic carbocycles. The molecule has 9 rings (SSSR count). The molecule has 3 aromatic heterocycles. The van der Waals surface area contributed by atoms with Gasteiger partial charge in [0.25, 0.3) is 6.33 Å². The van der Waals surface area contributed by atoms with E-state index < -0.39 is 5.41 Å². The molecule has 0 N–H and O–H groups in total. The van der Waals surface area contributed by atoms with E-state index in [9.17, 15) is 0 Å². The van der Waals surface area contributed by atoms with E-state index in [4.69, 9.17) is 14.8 Å². The van der Waals surface area contributed by atoms with Gasteiger partial charge in [-0.05, 0) is 98.2 Å². The SMILES string of the molecule is CC(C)(C)c1cc(-[n+]2[c-]n(-c3cccc(Oc4ccc5c6cc(-c7ccccc7)ccc6n(-c6cc(C(C)(C)C)ccn6)c5c4)c3)c(C(C)(C)c3ccccc3)n2)cc(C(C)(C)C)c1. The lowest BCUT2D eigenvalue weighted by Gasteiger charge is -2.26. The number of aromatic nitrogens is 5. The second kappa shape index (κ2) is 15.8. The van der Waals surface area contributed by atoms with Crippen LogP contribution in [0.25, 0.3) is 50.1 Å². The largest absolute Gasteiger partial charge is 0.458 e. The van der Waals surface area contributed by atoms with E-state index in [0.29, 0.717) is 5.75 Å².